The summed E-state index contributed by atoms with van der Waals surface area (Å²) < 4.78 is 5.30. The van der Waals surface area contributed by atoms with Crippen LogP contribution in [0.15, 0.2) is 12.5 Å². The van der Waals surface area contributed by atoms with Crippen LogP contribution in [0.2, 0.25) is 0 Å². The normalized spacial score (nSPS) is 19.3. The third-order valence-electron chi connectivity index (χ3n) is 2.73. The Morgan fingerprint density at radius 1 is 1.27 bits per heavy atom. The fourth-order valence-electron chi connectivity index (χ4n) is 1.78. The second-order valence-electron chi connectivity index (χ2n) is 3.98. The highest BCUT2D eigenvalue weighted by molar-refractivity contribution is 5.49. The molecule has 86 valence electrons. The van der Waals surface area contributed by atoms with Gasteiger partial charge in [0.2, 0.25) is 6.41 Å². The molecule has 1 aliphatic heterocycles. The summed E-state index contributed by atoms with van der Waals surface area (Å²) in [5.74, 6) is 0. The van der Waals surface area contributed by atoms with Gasteiger partial charge in [0.05, 0.1) is 0 Å². The Hall–Kier alpha value is -0.990. The average Bonchev–Trinajstić information content (AvgIpc) is 2.70. The molecule has 0 aromatic carbocycles. The molecule has 1 rings (SSSR count). The SMILES string of the molecule is CCCCCCCCC1OC=CN1C=O. The summed E-state index contributed by atoms with van der Waals surface area (Å²) in [4.78, 5) is 12.2. The van der Waals surface area contributed by atoms with Crippen LogP contribution < -0.4 is 0 Å². The van der Waals surface area contributed by atoms with Crippen molar-refractivity contribution in [3.63, 3.8) is 0 Å². The van der Waals surface area contributed by atoms with E-state index in [-0.39, 0.29) is 6.23 Å². The number of unbranched alkanes of at least 4 members (excludes halogenated alkanes) is 5. The van der Waals surface area contributed by atoms with Gasteiger partial charge in [-0.25, -0.2) is 0 Å². The van der Waals surface area contributed by atoms with Gasteiger partial charge in [0.15, 0.2) is 6.23 Å². The first-order chi connectivity index (χ1) is 7.38. The fourth-order valence-corrected chi connectivity index (χ4v) is 1.78. The van der Waals surface area contributed by atoms with E-state index in [1.807, 2.05) is 0 Å². The van der Waals surface area contributed by atoms with E-state index in [0.717, 1.165) is 19.3 Å². The molecule has 15 heavy (non-hydrogen) atoms. The quantitative estimate of drug-likeness (QED) is 0.456. The number of nitrogens with zero attached hydrogens (tertiary/aromatic N) is 1. The van der Waals surface area contributed by atoms with Crippen LogP contribution in [-0.4, -0.2) is 17.5 Å². The van der Waals surface area contributed by atoms with Crippen LogP contribution in [0, 0.1) is 0 Å². The number of amides is 1. The minimum Gasteiger partial charge on any atom is -0.476 e. The summed E-state index contributed by atoms with van der Waals surface area (Å²) >= 11 is 0. The minimum atomic E-state index is -0.0475. The van der Waals surface area contributed by atoms with E-state index in [1.54, 1.807) is 17.4 Å². The molecule has 0 spiro atoms. The van der Waals surface area contributed by atoms with Crippen molar-refractivity contribution >= 4 is 6.41 Å². The van der Waals surface area contributed by atoms with Gasteiger partial charge in [-0.2, -0.15) is 0 Å². The van der Waals surface area contributed by atoms with Crippen molar-refractivity contribution in [2.24, 2.45) is 0 Å². The lowest BCUT2D eigenvalue weighted by Crippen LogP contribution is -2.26. The summed E-state index contributed by atoms with van der Waals surface area (Å²) in [6, 6.07) is 0. The van der Waals surface area contributed by atoms with Gasteiger partial charge in [0, 0.05) is 12.6 Å². The maximum absolute atomic E-state index is 10.6. The fraction of sp³-hybridized carbons (Fsp3) is 0.750. The smallest absolute Gasteiger partial charge is 0.216 e. The van der Waals surface area contributed by atoms with Crippen molar-refractivity contribution in [3.05, 3.63) is 12.5 Å². The molecule has 0 N–H and O–H groups in total. The van der Waals surface area contributed by atoms with Crippen LogP contribution in [0.4, 0.5) is 0 Å². The number of carbonyl (C=O) groups is 1. The van der Waals surface area contributed by atoms with Crippen molar-refractivity contribution in [2.75, 3.05) is 0 Å². The van der Waals surface area contributed by atoms with E-state index in [4.69, 9.17) is 4.74 Å². The molecule has 1 unspecified atom stereocenters. The summed E-state index contributed by atoms with van der Waals surface area (Å²) in [6.07, 6.45) is 12.6. The zero-order valence-electron chi connectivity index (χ0n) is 9.52. The maximum Gasteiger partial charge on any atom is 0.216 e. The summed E-state index contributed by atoms with van der Waals surface area (Å²) in [7, 11) is 0. The molecule has 0 aromatic rings. The minimum absolute atomic E-state index is 0.0475. The molecule has 0 radical (unpaired) electrons. The Balaban J connectivity index is 1.98. The Morgan fingerprint density at radius 3 is 2.73 bits per heavy atom. The molecule has 0 saturated heterocycles. The number of hydrogen-bond donors (Lipinski definition) is 0. The van der Waals surface area contributed by atoms with E-state index >= 15 is 0 Å². The highest BCUT2D eigenvalue weighted by atomic mass is 16.5. The highest BCUT2D eigenvalue weighted by Crippen LogP contribution is 2.16. The standard InChI is InChI=1S/C12H21NO2/c1-2-3-4-5-6-7-8-12-13(11-14)9-10-15-12/h9-12H,2-8H2,1H3. The van der Waals surface area contributed by atoms with Gasteiger partial charge in [-0.1, -0.05) is 39.0 Å². The molecule has 1 amide bonds. The third-order valence-corrected chi connectivity index (χ3v) is 2.73. The van der Waals surface area contributed by atoms with Gasteiger partial charge in [0.1, 0.15) is 6.26 Å². The zero-order valence-corrected chi connectivity index (χ0v) is 9.52. The van der Waals surface area contributed by atoms with Gasteiger partial charge >= 0.3 is 0 Å². The van der Waals surface area contributed by atoms with Gasteiger partial charge < -0.3 is 4.74 Å². The topological polar surface area (TPSA) is 29.5 Å². The summed E-state index contributed by atoms with van der Waals surface area (Å²) in [5.41, 5.74) is 0. The molecule has 3 heteroatoms. The van der Waals surface area contributed by atoms with Crippen molar-refractivity contribution in [2.45, 2.75) is 58.1 Å². The monoisotopic (exact) mass is 211 g/mol. The van der Waals surface area contributed by atoms with Gasteiger partial charge in [-0.3, -0.25) is 9.69 Å². The Kier molecular flexibility index (Phi) is 5.90. The second kappa shape index (κ2) is 7.32. The van der Waals surface area contributed by atoms with Crippen molar-refractivity contribution in [1.29, 1.82) is 0 Å². The van der Waals surface area contributed by atoms with Crippen molar-refractivity contribution in [3.8, 4) is 0 Å². The Bertz CT molecular complexity index is 204. The second-order valence-corrected chi connectivity index (χ2v) is 3.98. The molecular weight excluding hydrogens is 190 g/mol. The van der Waals surface area contributed by atoms with Gasteiger partial charge in [-0.05, 0) is 6.42 Å². The average molecular weight is 211 g/mol. The van der Waals surface area contributed by atoms with Crippen molar-refractivity contribution in [1.82, 2.24) is 4.90 Å². The molecule has 1 aliphatic rings. The van der Waals surface area contributed by atoms with Gasteiger partial charge in [0.25, 0.3) is 0 Å². The lowest BCUT2D eigenvalue weighted by molar-refractivity contribution is -0.121. The number of carbonyl (C=O) groups excluding carboxylic acids is 1. The molecule has 0 fully saturated rings. The van der Waals surface area contributed by atoms with E-state index in [1.165, 1.54) is 32.1 Å². The van der Waals surface area contributed by atoms with E-state index in [0.29, 0.717) is 0 Å². The number of hydrogen-bond acceptors (Lipinski definition) is 2. The highest BCUT2D eigenvalue weighted by Gasteiger charge is 2.18. The van der Waals surface area contributed by atoms with Crippen LogP contribution in [-0.2, 0) is 9.53 Å². The Morgan fingerprint density at radius 2 is 2.00 bits per heavy atom. The Labute approximate surface area is 92.1 Å². The molecular formula is C12H21NO2. The number of ether oxygens (including phenoxy) is 1. The number of rotatable bonds is 8. The maximum atomic E-state index is 10.6. The zero-order chi connectivity index (χ0) is 10.9. The van der Waals surface area contributed by atoms with Crippen LogP contribution in [0.3, 0.4) is 0 Å². The lowest BCUT2D eigenvalue weighted by Gasteiger charge is -2.17. The predicted octanol–water partition coefficient (Wildman–Crippen LogP) is 3.02. The van der Waals surface area contributed by atoms with E-state index < -0.39 is 0 Å². The molecule has 3 nitrogen and oxygen atoms in total. The molecule has 0 aromatic heterocycles. The lowest BCUT2D eigenvalue weighted by atomic mass is 10.1. The van der Waals surface area contributed by atoms with E-state index in [9.17, 15) is 4.79 Å². The first-order valence-corrected chi connectivity index (χ1v) is 5.93. The molecule has 1 atom stereocenters. The third kappa shape index (κ3) is 4.36. The molecule has 0 aliphatic carbocycles. The molecule has 0 bridgehead atoms. The predicted molar refractivity (Wildman–Crippen MR) is 59.9 cm³/mol. The van der Waals surface area contributed by atoms with Crippen LogP contribution >= 0.6 is 0 Å². The van der Waals surface area contributed by atoms with E-state index in [2.05, 4.69) is 6.92 Å². The van der Waals surface area contributed by atoms with Crippen LogP contribution in [0.1, 0.15) is 51.9 Å². The largest absolute Gasteiger partial charge is 0.476 e. The van der Waals surface area contributed by atoms with Crippen LogP contribution in [0.5, 0.6) is 0 Å². The summed E-state index contributed by atoms with van der Waals surface area (Å²) in [6.45, 7) is 2.22. The van der Waals surface area contributed by atoms with Crippen LogP contribution in [0.25, 0.3) is 0 Å². The first kappa shape index (κ1) is 12.1. The first-order valence-electron chi connectivity index (χ1n) is 5.93. The summed E-state index contributed by atoms with van der Waals surface area (Å²) in [5, 5.41) is 0. The van der Waals surface area contributed by atoms with Crippen molar-refractivity contribution < 1.29 is 9.53 Å². The molecule has 1 heterocycles. The molecule has 0 saturated carbocycles. The van der Waals surface area contributed by atoms with Gasteiger partial charge in [-0.15, -0.1) is 0 Å².